The maximum absolute atomic E-state index is 5.40. The molecule has 1 aromatic rings. The Morgan fingerprint density at radius 3 is 2.93 bits per heavy atom. The van der Waals surface area contributed by atoms with Crippen LogP contribution in [0.1, 0.15) is 6.42 Å². The lowest BCUT2D eigenvalue weighted by Gasteiger charge is -2.30. The number of ether oxygens (including phenoxy) is 1. The van der Waals surface area contributed by atoms with E-state index in [2.05, 4.69) is 22.3 Å². The molecule has 1 aromatic carbocycles. The molecule has 2 heterocycles. The van der Waals surface area contributed by atoms with Gasteiger partial charge in [-0.3, -0.25) is 0 Å². The summed E-state index contributed by atoms with van der Waals surface area (Å²) in [5, 5.41) is 3.51. The predicted molar refractivity (Wildman–Crippen MR) is 60.5 cm³/mol. The van der Waals surface area contributed by atoms with Crippen LogP contribution in [0.5, 0.6) is 5.75 Å². The highest BCUT2D eigenvalue weighted by atomic mass is 16.5. The third kappa shape index (κ3) is 1.38. The van der Waals surface area contributed by atoms with Gasteiger partial charge in [0, 0.05) is 25.2 Å². The van der Waals surface area contributed by atoms with Crippen LogP contribution >= 0.6 is 0 Å². The molecule has 3 nitrogen and oxygen atoms in total. The summed E-state index contributed by atoms with van der Waals surface area (Å²) in [5.41, 5.74) is 1.24. The molecule has 2 saturated heterocycles. The third-order valence-corrected chi connectivity index (χ3v) is 3.45. The van der Waals surface area contributed by atoms with E-state index in [4.69, 9.17) is 4.74 Å². The van der Waals surface area contributed by atoms with Crippen molar-refractivity contribution in [3.63, 3.8) is 0 Å². The number of methoxy groups -OCH3 is 1. The van der Waals surface area contributed by atoms with Gasteiger partial charge < -0.3 is 15.0 Å². The topological polar surface area (TPSA) is 24.5 Å². The van der Waals surface area contributed by atoms with Crippen molar-refractivity contribution in [3.05, 3.63) is 24.3 Å². The van der Waals surface area contributed by atoms with E-state index in [1.807, 2.05) is 12.1 Å². The van der Waals surface area contributed by atoms with Crippen LogP contribution in [0.2, 0.25) is 0 Å². The second-order valence-corrected chi connectivity index (χ2v) is 4.32. The van der Waals surface area contributed by atoms with Crippen molar-refractivity contribution in [3.8, 4) is 5.75 Å². The number of nitrogens with one attached hydrogen (secondary N) is 1. The van der Waals surface area contributed by atoms with Crippen molar-refractivity contribution in [2.24, 2.45) is 0 Å². The van der Waals surface area contributed by atoms with Gasteiger partial charge in [-0.1, -0.05) is 12.1 Å². The SMILES string of the molecule is COc1ccccc1N1CC2CC1CN2. The zero-order chi connectivity index (χ0) is 10.3. The average molecular weight is 204 g/mol. The number of anilines is 1. The fraction of sp³-hybridized carbons (Fsp3) is 0.500. The molecule has 0 radical (unpaired) electrons. The molecule has 0 aromatic heterocycles. The summed E-state index contributed by atoms with van der Waals surface area (Å²) in [6.07, 6.45) is 1.28. The number of fused-ring (bicyclic) bond motifs is 2. The number of piperazine rings is 1. The Morgan fingerprint density at radius 1 is 1.40 bits per heavy atom. The Bertz CT molecular complexity index is 366. The quantitative estimate of drug-likeness (QED) is 0.784. The van der Waals surface area contributed by atoms with Crippen molar-refractivity contribution in [1.82, 2.24) is 5.32 Å². The maximum atomic E-state index is 5.40. The molecule has 15 heavy (non-hydrogen) atoms. The molecule has 2 aliphatic heterocycles. The van der Waals surface area contributed by atoms with Crippen LogP contribution in [-0.4, -0.2) is 32.3 Å². The second kappa shape index (κ2) is 3.42. The Hall–Kier alpha value is -1.22. The summed E-state index contributed by atoms with van der Waals surface area (Å²) in [6, 6.07) is 9.63. The minimum absolute atomic E-state index is 0.659. The van der Waals surface area contributed by atoms with E-state index in [1.165, 1.54) is 12.1 Å². The van der Waals surface area contributed by atoms with E-state index in [9.17, 15) is 0 Å². The van der Waals surface area contributed by atoms with Crippen LogP contribution < -0.4 is 15.0 Å². The first kappa shape index (κ1) is 9.04. The van der Waals surface area contributed by atoms with Gasteiger partial charge in [0.25, 0.3) is 0 Å². The van der Waals surface area contributed by atoms with Gasteiger partial charge in [0.1, 0.15) is 5.75 Å². The Morgan fingerprint density at radius 2 is 2.27 bits per heavy atom. The van der Waals surface area contributed by atoms with E-state index in [1.54, 1.807) is 7.11 Å². The molecular weight excluding hydrogens is 188 g/mol. The number of benzene rings is 1. The van der Waals surface area contributed by atoms with E-state index in [0.29, 0.717) is 12.1 Å². The molecular formula is C12H16N2O. The van der Waals surface area contributed by atoms with Gasteiger partial charge in [0.05, 0.1) is 12.8 Å². The zero-order valence-corrected chi connectivity index (χ0v) is 8.94. The van der Waals surface area contributed by atoms with Crippen molar-refractivity contribution in [1.29, 1.82) is 0 Å². The lowest BCUT2D eigenvalue weighted by molar-refractivity contribution is 0.413. The van der Waals surface area contributed by atoms with Crippen molar-refractivity contribution in [2.75, 3.05) is 25.1 Å². The zero-order valence-electron chi connectivity index (χ0n) is 8.94. The lowest BCUT2D eigenvalue weighted by Crippen LogP contribution is -2.43. The van der Waals surface area contributed by atoms with Crippen molar-refractivity contribution in [2.45, 2.75) is 18.5 Å². The van der Waals surface area contributed by atoms with Gasteiger partial charge in [-0.05, 0) is 18.6 Å². The molecule has 2 aliphatic rings. The smallest absolute Gasteiger partial charge is 0.142 e. The molecule has 0 spiro atoms. The van der Waals surface area contributed by atoms with Crippen molar-refractivity contribution < 1.29 is 4.74 Å². The molecule has 0 amide bonds. The maximum Gasteiger partial charge on any atom is 0.142 e. The van der Waals surface area contributed by atoms with Gasteiger partial charge in [0.15, 0.2) is 0 Å². The van der Waals surface area contributed by atoms with E-state index >= 15 is 0 Å². The minimum Gasteiger partial charge on any atom is -0.495 e. The second-order valence-electron chi connectivity index (χ2n) is 4.32. The summed E-state index contributed by atoms with van der Waals surface area (Å²) in [6.45, 7) is 2.23. The predicted octanol–water partition coefficient (Wildman–Crippen LogP) is 1.25. The van der Waals surface area contributed by atoms with Gasteiger partial charge >= 0.3 is 0 Å². The molecule has 0 aliphatic carbocycles. The number of hydrogen-bond acceptors (Lipinski definition) is 3. The van der Waals surface area contributed by atoms with Crippen LogP contribution in [0, 0.1) is 0 Å². The monoisotopic (exact) mass is 204 g/mol. The summed E-state index contributed by atoms with van der Waals surface area (Å²) in [4.78, 5) is 2.47. The fourth-order valence-electron chi connectivity index (χ4n) is 2.72. The first-order valence-corrected chi connectivity index (χ1v) is 5.51. The Kier molecular flexibility index (Phi) is 2.06. The number of hydrogen-bond donors (Lipinski definition) is 1. The lowest BCUT2D eigenvalue weighted by atomic mass is 10.2. The van der Waals surface area contributed by atoms with E-state index < -0.39 is 0 Å². The first-order chi connectivity index (χ1) is 7.38. The molecule has 2 bridgehead atoms. The molecule has 3 rings (SSSR count). The molecule has 80 valence electrons. The molecule has 2 atom stereocenters. The van der Waals surface area contributed by atoms with Gasteiger partial charge in [-0.2, -0.15) is 0 Å². The number of nitrogens with zero attached hydrogens (tertiary/aromatic N) is 1. The van der Waals surface area contributed by atoms with E-state index in [-0.39, 0.29) is 0 Å². The minimum atomic E-state index is 0.659. The summed E-state index contributed by atoms with van der Waals surface area (Å²) < 4.78 is 5.40. The highest BCUT2D eigenvalue weighted by Crippen LogP contribution is 2.35. The molecule has 2 fully saturated rings. The number of rotatable bonds is 2. The van der Waals surface area contributed by atoms with Crippen LogP contribution in [0.3, 0.4) is 0 Å². The van der Waals surface area contributed by atoms with Gasteiger partial charge in [-0.25, -0.2) is 0 Å². The Labute approximate surface area is 90.0 Å². The Balaban J connectivity index is 1.92. The summed E-state index contributed by atoms with van der Waals surface area (Å²) in [7, 11) is 1.74. The third-order valence-electron chi connectivity index (χ3n) is 3.45. The van der Waals surface area contributed by atoms with Crippen LogP contribution in [0.15, 0.2) is 24.3 Å². The van der Waals surface area contributed by atoms with Crippen molar-refractivity contribution >= 4 is 5.69 Å². The van der Waals surface area contributed by atoms with Crippen LogP contribution in [0.25, 0.3) is 0 Å². The average Bonchev–Trinajstić information content (AvgIpc) is 2.90. The molecule has 3 heteroatoms. The first-order valence-electron chi connectivity index (χ1n) is 5.51. The number of para-hydroxylation sites is 2. The van der Waals surface area contributed by atoms with Crippen LogP contribution in [-0.2, 0) is 0 Å². The standard InChI is InChI=1S/C12H16N2O/c1-15-12-5-3-2-4-11(12)14-8-9-6-10(14)7-13-9/h2-5,9-10,13H,6-8H2,1H3. The summed E-state index contributed by atoms with van der Waals surface area (Å²) >= 11 is 0. The summed E-state index contributed by atoms with van der Waals surface area (Å²) in [5.74, 6) is 0.991. The van der Waals surface area contributed by atoms with Gasteiger partial charge in [-0.15, -0.1) is 0 Å². The van der Waals surface area contributed by atoms with Gasteiger partial charge in [0.2, 0.25) is 0 Å². The molecule has 1 N–H and O–H groups in total. The normalized spacial score (nSPS) is 28.5. The fourth-order valence-corrected chi connectivity index (χ4v) is 2.72. The van der Waals surface area contributed by atoms with E-state index in [0.717, 1.165) is 18.8 Å². The molecule has 2 unspecified atom stereocenters. The van der Waals surface area contributed by atoms with Crippen LogP contribution in [0.4, 0.5) is 5.69 Å². The highest BCUT2D eigenvalue weighted by Gasteiger charge is 2.38. The highest BCUT2D eigenvalue weighted by molar-refractivity contribution is 5.60. The largest absolute Gasteiger partial charge is 0.495 e. The molecule has 0 saturated carbocycles.